The number of anilines is 2. The highest BCUT2D eigenvalue weighted by atomic mass is 35.5. The highest BCUT2D eigenvalue weighted by Crippen LogP contribution is 2.36. The van der Waals surface area contributed by atoms with Gasteiger partial charge in [0.25, 0.3) is 0 Å². The molecule has 0 aliphatic carbocycles. The van der Waals surface area contributed by atoms with Gasteiger partial charge in [0.2, 0.25) is 0 Å². The molecule has 0 saturated carbocycles. The van der Waals surface area contributed by atoms with Gasteiger partial charge in [0.15, 0.2) is 0 Å². The Morgan fingerprint density at radius 1 is 1.04 bits per heavy atom. The fourth-order valence-corrected chi connectivity index (χ4v) is 3.54. The average Bonchev–Trinajstić information content (AvgIpc) is 2.79. The number of para-hydroxylation sites is 1. The van der Waals surface area contributed by atoms with Crippen molar-refractivity contribution in [1.82, 2.24) is 9.80 Å². The predicted octanol–water partition coefficient (Wildman–Crippen LogP) is 3.09. The largest absolute Gasteiger partial charge is 0.395 e. The van der Waals surface area contributed by atoms with Crippen molar-refractivity contribution >= 4 is 34.5 Å². The van der Waals surface area contributed by atoms with Crippen LogP contribution in [0.3, 0.4) is 0 Å². The molecule has 25 heavy (non-hydrogen) atoms. The summed E-state index contributed by atoms with van der Waals surface area (Å²) in [4.78, 5) is 9.57. The quantitative estimate of drug-likeness (QED) is 0.868. The zero-order chi connectivity index (χ0) is 17.2. The SMILES string of the molecule is OCCN1CCN(C2=Nc3cc(Cl)ccc3Nc3ccccc32)CC1. The number of hydrogen-bond donors (Lipinski definition) is 2. The maximum atomic E-state index is 9.14. The molecule has 0 unspecified atom stereocenters. The summed E-state index contributed by atoms with van der Waals surface area (Å²) in [5, 5.41) is 13.3. The highest BCUT2D eigenvalue weighted by molar-refractivity contribution is 6.31. The number of amidine groups is 1. The van der Waals surface area contributed by atoms with Gasteiger partial charge in [-0.1, -0.05) is 23.7 Å². The van der Waals surface area contributed by atoms with E-state index in [1.54, 1.807) is 0 Å². The summed E-state index contributed by atoms with van der Waals surface area (Å²) in [6.07, 6.45) is 0. The topological polar surface area (TPSA) is 51.1 Å². The Balaban J connectivity index is 1.71. The first-order valence-electron chi connectivity index (χ1n) is 8.57. The number of β-amino-alcohol motifs (C(OH)–C–C–N with tert-alkyl or cyclic N) is 1. The number of benzene rings is 2. The van der Waals surface area contributed by atoms with Crippen LogP contribution in [0.1, 0.15) is 5.56 Å². The Kier molecular flexibility index (Phi) is 4.61. The number of nitrogens with one attached hydrogen (secondary N) is 1. The Morgan fingerprint density at radius 2 is 1.84 bits per heavy atom. The minimum atomic E-state index is 0.208. The molecule has 1 fully saturated rings. The van der Waals surface area contributed by atoms with E-state index < -0.39 is 0 Å². The fourth-order valence-electron chi connectivity index (χ4n) is 3.38. The first kappa shape index (κ1) is 16.4. The molecule has 0 amide bonds. The van der Waals surface area contributed by atoms with Crippen molar-refractivity contribution in [2.24, 2.45) is 4.99 Å². The second-order valence-corrected chi connectivity index (χ2v) is 6.76. The molecule has 0 radical (unpaired) electrons. The Bertz CT molecular complexity index is 800. The van der Waals surface area contributed by atoms with Gasteiger partial charge in [-0.2, -0.15) is 0 Å². The van der Waals surface area contributed by atoms with Crippen LogP contribution in [0.2, 0.25) is 5.02 Å². The van der Waals surface area contributed by atoms with Gasteiger partial charge in [-0.25, -0.2) is 4.99 Å². The highest BCUT2D eigenvalue weighted by Gasteiger charge is 2.24. The molecular formula is C19H21ClN4O. The lowest BCUT2D eigenvalue weighted by atomic mass is 10.1. The number of nitrogens with zero attached hydrogens (tertiary/aromatic N) is 3. The smallest absolute Gasteiger partial charge is 0.138 e. The van der Waals surface area contributed by atoms with E-state index in [0.29, 0.717) is 5.02 Å². The minimum Gasteiger partial charge on any atom is -0.395 e. The Hall–Kier alpha value is -2.08. The van der Waals surface area contributed by atoms with Gasteiger partial charge in [0.1, 0.15) is 5.84 Å². The van der Waals surface area contributed by atoms with Gasteiger partial charge in [-0.05, 0) is 30.3 Å². The predicted molar refractivity (Wildman–Crippen MR) is 102 cm³/mol. The number of aliphatic hydroxyl groups excluding tert-OH is 1. The van der Waals surface area contributed by atoms with Crippen molar-refractivity contribution in [3.8, 4) is 0 Å². The number of piperazine rings is 1. The Morgan fingerprint density at radius 3 is 2.64 bits per heavy atom. The summed E-state index contributed by atoms with van der Waals surface area (Å²) in [5.74, 6) is 0.979. The van der Waals surface area contributed by atoms with E-state index in [2.05, 4.69) is 27.2 Å². The second-order valence-electron chi connectivity index (χ2n) is 6.32. The number of halogens is 1. The molecule has 1 saturated heterocycles. The van der Waals surface area contributed by atoms with E-state index in [1.165, 1.54) is 0 Å². The van der Waals surface area contributed by atoms with Crippen LogP contribution in [0.4, 0.5) is 17.1 Å². The first-order chi connectivity index (χ1) is 12.2. The van der Waals surface area contributed by atoms with Crippen LogP contribution in [0, 0.1) is 0 Å². The summed E-state index contributed by atoms with van der Waals surface area (Å²) in [7, 11) is 0. The molecular weight excluding hydrogens is 336 g/mol. The summed E-state index contributed by atoms with van der Waals surface area (Å²) in [6.45, 7) is 4.58. The Labute approximate surface area is 152 Å². The number of aliphatic hydroxyl groups is 1. The van der Waals surface area contributed by atoms with E-state index in [1.807, 2.05) is 30.3 Å². The van der Waals surface area contributed by atoms with Crippen LogP contribution in [0.15, 0.2) is 47.5 Å². The van der Waals surface area contributed by atoms with Crippen molar-refractivity contribution < 1.29 is 5.11 Å². The molecule has 2 heterocycles. The van der Waals surface area contributed by atoms with Crippen molar-refractivity contribution in [1.29, 1.82) is 0 Å². The standard InChI is InChI=1S/C19H21ClN4O/c20-14-5-6-17-18(13-14)22-19(15-3-1-2-4-16(15)21-17)24-9-7-23(8-10-24)11-12-25/h1-6,13,21,25H,7-12H2. The lowest BCUT2D eigenvalue weighted by molar-refractivity contribution is 0.147. The summed E-state index contributed by atoms with van der Waals surface area (Å²) < 4.78 is 0. The molecule has 0 spiro atoms. The molecule has 2 aromatic carbocycles. The van der Waals surface area contributed by atoms with Crippen molar-refractivity contribution in [2.45, 2.75) is 0 Å². The van der Waals surface area contributed by atoms with Crippen molar-refractivity contribution in [2.75, 3.05) is 44.6 Å². The van der Waals surface area contributed by atoms with E-state index in [0.717, 1.165) is 61.2 Å². The van der Waals surface area contributed by atoms with E-state index in [9.17, 15) is 0 Å². The summed E-state index contributed by atoms with van der Waals surface area (Å²) >= 11 is 6.19. The molecule has 2 N–H and O–H groups in total. The maximum Gasteiger partial charge on any atom is 0.138 e. The fraction of sp³-hybridized carbons (Fsp3) is 0.316. The molecule has 6 heteroatoms. The van der Waals surface area contributed by atoms with Gasteiger partial charge >= 0.3 is 0 Å². The third-order valence-electron chi connectivity index (χ3n) is 4.71. The molecule has 4 rings (SSSR count). The van der Waals surface area contributed by atoms with E-state index in [4.69, 9.17) is 21.7 Å². The maximum absolute atomic E-state index is 9.14. The van der Waals surface area contributed by atoms with Gasteiger partial charge in [0.05, 0.1) is 18.0 Å². The monoisotopic (exact) mass is 356 g/mol. The van der Waals surface area contributed by atoms with Crippen LogP contribution in [-0.4, -0.2) is 60.1 Å². The number of hydrogen-bond acceptors (Lipinski definition) is 5. The van der Waals surface area contributed by atoms with Gasteiger partial charge in [0, 0.05) is 49.0 Å². The lowest BCUT2D eigenvalue weighted by Crippen LogP contribution is -2.49. The third kappa shape index (κ3) is 3.35. The molecule has 130 valence electrons. The second kappa shape index (κ2) is 7.04. The van der Waals surface area contributed by atoms with Gasteiger partial charge in [-0.15, -0.1) is 0 Å². The lowest BCUT2D eigenvalue weighted by Gasteiger charge is -2.36. The molecule has 0 aromatic heterocycles. The van der Waals surface area contributed by atoms with Crippen LogP contribution in [0.25, 0.3) is 0 Å². The minimum absolute atomic E-state index is 0.208. The summed E-state index contributed by atoms with van der Waals surface area (Å²) in [5.41, 5.74) is 3.98. The molecule has 0 bridgehead atoms. The molecule has 2 aromatic rings. The number of aliphatic imine (C=N–C) groups is 1. The van der Waals surface area contributed by atoms with E-state index in [-0.39, 0.29) is 6.61 Å². The molecule has 2 aliphatic heterocycles. The number of fused-ring (bicyclic) bond motifs is 2. The van der Waals surface area contributed by atoms with Crippen LogP contribution < -0.4 is 5.32 Å². The molecule has 2 aliphatic rings. The zero-order valence-electron chi connectivity index (χ0n) is 14.0. The van der Waals surface area contributed by atoms with Crippen LogP contribution in [-0.2, 0) is 0 Å². The first-order valence-corrected chi connectivity index (χ1v) is 8.95. The molecule has 0 atom stereocenters. The van der Waals surface area contributed by atoms with Crippen LogP contribution >= 0.6 is 11.6 Å². The molecule has 5 nitrogen and oxygen atoms in total. The average molecular weight is 357 g/mol. The zero-order valence-corrected chi connectivity index (χ0v) is 14.7. The van der Waals surface area contributed by atoms with Crippen molar-refractivity contribution in [3.63, 3.8) is 0 Å². The van der Waals surface area contributed by atoms with Crippen LogP contribution in [0.5, 0.6) is 0 Å². The summed E-state index contributed by atoms with van der Waals surface area (Å²) in [6, 6.07) is 14.0. The van der Waals surface area contributed by atoms with Gasteiger partial charge in [-0.3, -0.25) is 4.90 Å². The van der Waals surface area contributed by atoms with Crippen molar-refractivity contribution in [3.05, 3.63) is 53.1 Å². The third-order valence-corrected chi connectivity index (χ3v) is 4.95. The van der Waals surface area contributed by atoms with E-state index >= 15 is 0 Å². The normalized spacial score (nSPS) is 17.2. The number of rotatable bonds is 2. The van der Waals surface area contributed by atoms with Gasteiger partial charge < -0.3 is 15.3 Å².